The molecule has 3 aromatic rings. The van der Waals surface area contributed by atoms with Crippen molar-refractivity contribution in [2.24, 2.45) is 0 Å². The number of ether oxygens (including phenoxy) is 1. The molecule has 3 rings (SSSR count). The number of aromatic nitrogens is 2. The summed E-state index contributed by atoms with van der Waals surface area (Å²) in [5, 5.41) is 10.7. The lowest BCUT2D eigenvalue weighted by molar-refractivity contribution is -0.111. The molecule has 0 saturated heterocycles. The summed E-state index contributed by atoms with van der Waals surface area (Å²) < 4.78 is 32.2. The van der Waals surface area contributed by atoms with Gasteiger partial charge < -0.3 is 10.1 Å². The van der Waals surface area contributed by atoms with Crippen molar-refractivity contribution in [2.75, 3.05) is 25.5 Å². The zero-order valence-electron chi connectivity index (χ0n) is 17.0. The van der Waals surface area contributed by atoms with Gasteiger partial charge in [0.1, 0.15) is 5.75 Å². The molecule has 0 aliphatic carbocycles. The first kappa shape index (κ1) is 21.5. The van der Waals surface area contributed by atoms with Crippen molar-refractivity contribution in [2.45, 2.75) is 18.7 Å². The number of anilines is 1. The summed E-state index contributed by atoms with van der Waals surface area (Å²) in [5.41, 5.74) is 1.77. The van der Waals surface area contributed by atoms with E-state index in [9.17, 15) is 13.2 Å². The van der Waals surface area contributed by atoms with Gasteiger partial charge in [0.15, 0.2) is 0 Å². The van der Waals surface area contributed by atoms with Crippen molar-refractivity contribution >= 4 is 38.6 Å². The molecule has 9 heteroatoms. The van der Waals surface area contributed by atoms with Gasteiger partial charge >= 0.3 is 0 Å². The van der Waals surface area contributed by atoms with Crippen molar-refractivity contribution in [1.82, 2.24) is 14.5 Å². The van der Waals surface area contributed by atoms with Crippen LogP contribution in [-0.4, -0.2) is 49.0 Å². The number of nitrogens with zero attached hydrogens (tertiary/aromatic N) is 2. The monoisotopic (exact) mass is 428 g/mol. The molecule has 0 radical (unpaired) electrons. The van der Waals surface area contributed by atoms with Gasteiger partial charge in [0.05, 0.1) is 28.9 Å². The number of carbonyl (C=O) groups excluding carboxylic acids is 1. The van der Waals surface area contributed by atoms with Gasteiger partial charge in [-0.1, -0.05) is 32.0 Å². The second-order valence-electron chi connectivity index (χ2n) is 6.43. The highest BCUT2D eigenvalue weighted by atomic mass is 32.2. The van der Waals surface area contributed by atoms with Gasteiger partial charge in [-0.3, -0.25) is 9.89 Å². The second-order valence-corrected chi connectivity index (χ2v) is 8.37. The molecule has 0 aliphatic heterocycles. The van der Waals surface area contributed by atoms with Gasteiger partial charge in [0, 0.05) is 24.6 Å². The third-order valence-electron chi connectivity index (χ3n) is 4.66. The van der Waals surface area contributed by atoms with Crippen molar-refractivity contribution in [1.29, 1.82) is 0 Å². The van der Waals surface area contributed by atoms with Crippen LogP contribution in [0.15, 0.2) is 53.4 Å². The van der Waals surface area contributed by atoms with Crippen molar-refractivity contribution < 1.29 is 17.9 Å². The van der Waals surface area contributed by atoms with E-state index in [1.54, 1.807) is 19.9 Å². The lowest BCUT2D eigenvalue weighted by Gasteiger charge is -2.19. The maximum Gasteiger partial charge on any atom is 0.248 e. The largest absolute Gasteiger partial charge is 0.495 e. The molecule has 30 heavy (non-hydrogen) atoms. The molecule has 8 nitrogen and oxygen atoms in total. The average molecular weight is 429 g/mol. The molecule has 2 aromatic carbocycles. The van der Waals surface area contributed by atoms with Crippen molar-refractivity contribution in [3.8, 4) is 5.75 Å². The fourth-order valence-electron chi connectivity index (χ4n) is 3.10. The van der Waals surface area contributed by atoms with E-state index in [0.717, 1.165) is 10.9 Å². The number of hydrogen-bond donors (Lipinski definition) is 2. The standard InChI is InChI=1S/C21H24N4O4S/c1-4-25(5-2)30(27,28)15-10-12-20(29-3)19(14-15)22-21(26)13-11-18-16-8-6-7-9-17(16)23-24-18/h6-14H,4-5H2,1-3H3,(H,22,26)(H,23,24). The van der Waals surface area contributed by atoms with Crippen LogP contribution in [0.4, 0.5) is 5.69 Å². The van der Waals surface area contributed by atoms with Gasteiger partial charge in [-0.15, -0.1) is 0 Å². The van der Waals surface area contributed by atoms with E-state index < -0.39 is 15.9 Å². The Labute approximate surface area is 175 Å². The lowest BCUT2D eigenvalue weighted by atomic mass is 10.2. The first-order valence-corrected chi connectivity index (χ1v) is 10.9. The predicted octanol–water partition coefficient (Wildman–Crippen LogP) is 3.25. The molecular weight excluding hydrogens is 404 g/mol. The Morgan fingerprint density at radius 3 is 2.63 bits per heavy atom. The number of amides is 1. The van der Waals surface area contributed by atoms with E-state index in [0.29, 0.717) is 24.5 Å². The number of methoxy groups -OCH3 is 1. The predicted molar refractivity (Wildman–Crippen MR) is 117 cm³/mol. The highest BCUT2D eigenvalue weighted by Gasteiger charge is 2.23. The summed E-state index contributed by atoms with van der Waals surface area (Å²) in [6, 6.07) is 12.0. The SMILES string of the molecule is CCN(CC)S(=O)(=O)c1ccc(OC)c(NC(=O)C=Cc2n[nH]c3ccccc23)c1. The number of hydrogen-bond acceptors (Lipinski definition) is 5. The van der Waals surface area contributed by atoms with Gasteiger partial charge in [-0.05, 0) is 30.3 Å². The van der Waals surface area contributed by atoms with E-state index in [4.69, 9.17) is 4.74 Å². The van der Waals surface area contributed by atoms with Crippen LogP contribution in [-0.2, 0) is 14.8 Å². The van der Waals surface area contributed by atoms with Crippen LogP contribution in [0.5, 0.6) is 5.75 Å². The molecular formula is C21H24N4O4S. The first-order chi connectivity index (χ1) is 14.4. The summed E-state index contributed by atoms with van der Waals surface area (Å²) in [6.07, 6.45) is 2.94. The number of sulfonamides is 1. The maximum absolute atomic E-state index is 12.8. The van der Waals surface area contributed by atoms with Crippen LogP contribution in [0.1, 0.15) is 19.5 Å². The molecule has 0 saturated carbocycles. The van der Waals surface area contributed by atoms with Gasteiger partial charge in [-0.2, -0.15) is 9.40 Å². The van der Waals surface area contributed by atoms with Gasteiger partial charge in [0.25, 0.3) is 0 Å². The molecule has 1 amide bonds. The number of benzene rings is 2. The van der Waals surface area contributed by atoms with E-state index in [2.05, 4.69) is 15.5 Å². The van der Waals surface area contributed by atoms with Crippen LogP contribution in [0.25, 0.3) is 17.0 Å². The minimum atomic E-state index is -3.66. The summed E-state index contributed by atoms with van der Waals surface area (Å²) >= 11 is 0. The Morgan fingerprint density at radius 2 is 1.93 bits per heavy atom. The van der Waals surface area contributed by atoms with Gasteiger partial charge in [-0.25, -0.2) is 8.42 Å². The second kappa shape index (κ2) is 9.10. The van der Waals surface area contributed by atoms with Crippen LogP contribution < -0.4 is 10.1 Å². The quantitative estimate of drug-likeness (QED) is 0.536. The number of rotatable bonds is 8. The smallest absolute Gasteiger partial charge is 0.248 e. The summed E-state index contributed by atoms with van der Waals surface area (Å²) in [5.74, 6) is -0.0711. The normalized spacial score (nSPS) is 12.0. The zero-order valence-corrected chi connectivity index (χ0v) is 17.9. The maximum atomic E-state index is 12.8. The fraction of sp³-hybridized carbons (Fsp3) is 0.238. The van der Waals surface area contributed by atoms with Gasteiger partial charge in [0.2, 0.25) is 15.9 Å². The molecule has 1 heterocycles. The Morgan fingerprint density at radius 1 is 1.20 bits per heavy atom. The molecule has 158 valence electrons. The Bertz CT molecular complexity index is 1180. The highest BCUT2D eigenvalue weighted by Crippen LogP contribution is 2.29. The third-order valence-corrected chi connectivity index (χ3v) is 6.71. The molecule has 0 fully saturated rings. The van der Waals surface area contributed by atoms with Crippen LogP contribution in [0.2, 0.25) is 0 Å². The summed E-state index contributed by atoms with van der Waals surface area (Å²) in [4.78, 5) is 12.6. The number of carbonyl (C=O) groups is 1. The highest BCUT2D eigenvalue weighted by molar-refractivity contribution is 7.89. The molecule has 0 aliphatic rings. The minimum Gasteiger partial charge on any atom is -0.495 e. The zero-order chi connectivity index (χ0) is 21.7. The van der Waals surface area contributed by atoms with E-state index in [1.165, 1.54) is 35.7 Å². The molecule has 0 unspecified atom stereocenters. The lowest BCUT2D eigenvalue weighted by Crippen LogP contribution is -2.30. The number of para-hydroxylation sites is 1. The number of aromatic amines is 1. The summed E-state index contributed by atoms with van der Waals surface area (Å²) in [7, 11) is -2.21. The molecule has 1 aromatic heterocycles. The van der Waals surface area contributed by atoms with E-state index in [-0.39, 0.29) is 10.6 Å². The first-order valence-electron chi connectivity index (χ1n) is 9.51. The molecule has 0 bridgehead atoms. The Balaban J connectivity index is 1.85. The van der Waals surface area contributed by atoms with Crippen molar-refractivity contribution in [3.63, 3.8) is 0 Å². The summed E-state index contributed by atoms with van der Waals surface area (Å²) in [6.45, 7) is 4.26. The van der Waals surface area contributed by atoms with Crippen molar-refractivity contribution in [3.05, 3.63) is 54.2 Å². The van der Waals surface area contributed by atoms with Crippen LogP contribution >= 0.6 is 0 Å². The molecule has 2 N–H and O–H groups in total. The van der Waals surface area contributed by atoms with E-state index >= 15 is 0 Å². The number of nitrogens with one attached hydrogen (secondary N) is 2. The molecule has 0 atom stereocenters. The average Bonchev–Trinajstić information content (AvgIpc) is 3.16. The van der Waals surface area contributed by atoms with E-state index in [1.807, 2.05) is 24.3 Å². The number of H-pyrrole nitrogens is 1. The van der Waals surface area contributed by atoms with Crippen LogP contribution in [0.3, 0.4) is 0 Å². The Hall–Kier alpha value is -3.17. The molecule has 0 spiro atoms. The van der Waals surface area contributed by atoms with Crippen LogP contribution in [0, 0.1) is 0 Å². The third kappa shape index (κ3) is 4.37. The topological polar surface area (TPSA) is 104 Å². The minimum absolute atomic E-state index is 0.0876. The fourth-order valence-corrected chi connectivity index (χ4v) is 4.58. The Kier molecular flexibility index (Phi) is 6.53. The number of fused-ring (bicyclic) bond motifs is 1.